The van der Waals surface area contributed by atoms with Gasteiger partial charge in [0.25, 0.3) is 0 Å². The molecular formula is C73H97N7O17. The molecule has 0 saturated carbocycles. The van der Waals surface area contributed by atoms with Crippen LogP contribution >= 0.6 is 0 Å². The lowest BCUT2D eigenvalue weighted by Crippen LogP contribution is -2.18. The average Bonchev–Trinajstić information content (AvgIpc) is 1.03. The lowest BCUT2D eigenvalue weighted by atomic mass is 10.1. The largest absolute Gasteiger partial charge is 0.510 e. The fraction of sp³-hybridized carbons (Fsp3) is 0.274. The van der Waals surface area contributed by atoms with Gasteiger partial charge in [0.15, 0.2) is 18.3 Å². The van der Waals surface area contributed by atoms with Crippen LogP contribution in [0.3, 0.4) is 0 Å². The van der Waals surface area contributed by atoms with Gasteiger partial charge < -0.3 is 109 Å². The van der Waals surface area contributed by atoms with Crippen LogP contribution in [0.5, 0.6) is 0 Å². The van der Waals surface area contributed by atoms with Crippen LogP contribution in [0.4, 0.5) is 39.8 Å². The second kappa shape index (κ2) is 46.5. The van der Waals surface area contributed by atoms with Gasteiger partial charge in [-0.15, -0.1) is 0 Å². The SMILES string of the molecule is C=C(O)C(Cc1ccc(N)cc1)OC.C=C(O)C(Cc1cccc(N)c1)OC.C=C(O)C(Cc1cccc(N)c1)OCC.C=C(O)C(O)Cc1cccc(N)c1.CCOC(C(=O)O)c1ccc(N)cc1.CCOC(C(=O)O)c1cccc(N)c1.COC(C(=O)O)c1cccc(N)c1. The van der Waals surface area contributed by atoms with Crippen LogP contribution in [-0.2, 0) is 68.5 Å². The Balaban J connectivity index is 0.000000566. The number of nitrogens with two attached hydrogens (primary N) is 7. The molecule has 7 unspecified atom stereocenters. The number of methoxy groups -OCH3 is 3. The Kier molecular flexibility index (Phi) is 40.5. The van der Waals surface area contributed by atoms with E-state index in [0.717, 1.165) is 27.9 Å². The van der Waals surface area contributed by atoms with Crippen molar-refractivity contribution >= 4 is 57.7 Å². The Bertz CT molecular complexity index is 3500. The van der Waals surface area contributed by atoms with E-state index in [2.05, 4.69) is 26.3 Å². The van der Waals surface area contributed by atoms with Crippen molar-refractivity contribution in [3.63, 3.8) is 0 Å². The summed E-state index contributed by atoms with van der Waals surface area (Å²) in [7, 11) is 4.43. The van der Waals surface area contributed by atoms with Crippen molar-refractivity contribution in [3.05, 3.63) is 258 Å². The molecule has 7 atom stereocenters. The van der Waals surface area contributed by atoms with Gasteiger partial charge in [-0.25, -0.2) is 14.4 Å². The molecular weight excluding hydrogens is 1250 g/mol. The quantitative estimate of drug-likeness (QED) is 0.0168. The van der Waals surface area contributed by atoms with Crippen LogP contribution in [0, 0.1) is 0 Å². The Morgan fingerprint density at radius 2 is 0.649 bits per heavy atom. The zero-order valence-electron chi connectivity index (χ0n) is 55.8. The number of carbonyl (C=O) groups is 3. The van der Waals surface area contributed by atoms with Gasteiger partial charge in [-0.3, -0.25) is 0 Å². The van der Waals surface area contributed by atoms with Gasteiger partial charge in [-0.1, -0.05) is 111 Å². The van der Waals surface area contributed by atoms with Crippen molar-refractivity contribution in [1.29, 1.82) is 0 Å². The molecule has 0 amide bonds. The molecule has 0 bridgehead atoms. The van der Waals surface area contributed by atoms with Gasteiger partial charge in [0.2, 0.25) is 0 Å². The number of carboxylic acids is 3. The van der Waals surface area contributed by atoms with Crippen LogP contribution in [0.15, 0.2) is 219 Å². The molecule has 7 aromatic rings. The van der Waals surface area contributed by atoms with Gasteiger partial charge in [0, 0.05) is 107 Å². The van der Waals surface area contributed by atoms with Crippen molar-refractivity contribution in [2.45, 2.75) is 89.2 Å². The molecule has 0 aliphatic heterocycles. The van der Waals surface area contributed by atoms with Crippen LogP contribution < -0.4 is 40.1 Å². The number of hydrogen-bond acceptors (Lipinski definition) is 21. The van der Waals surface area contributed by atoms with Crippen LogP contribution in [0.1, 0.15) is 78.0 Å². The summed E-state index contributed by atoms with van der Waals surface area (Å²) in [6, 6.07) is 49.6. The molecule has 0 aliphatic carbocycles. The number of aliphatic carboxylic acids is 3. The summed E-state index contributed by atoms with van der Waals surface area (Å²) >= 11 is 0. The molecule has 0 aliphatic rings. The zero-order valence-corrected chi connectivity index (χ0v) is 55.8. The highest BCUT2D eigenvalue weighted by molar-refractivity contribution is 5.76. The molecule has 97 heavy (non-hydrogen) atoms. The van der Waals surface area contributed by atoms with E-state index in [-0.39, 0.29) is 41.3 Å². The van der Waals surface area contributed by atoms with Gasteiger partial charge in [-0.2, -0.15) is 0 Å². The van der Waals surface area contributed by atoms with E-state index in [4.69, 9.17) is 89.0 Å². The second-order valence-corrected chi connectivity index (χ2v) is 21.0. The topological polar surface area (TPSA) is 451 Å². The summed E-state index contributed by atoms with van der Waals surface area (Å²) in [4.78, 5) is 32.3. The summed E-state index contributed by atoms with van der Waals surface area (Å²) in [6.07, 6.45) is -2.64. The van der Waals surface area contributed by atoms with E-state index >= 15 is 0 Å². The number of nitrogen functional groups attached to an aromatic ring is 7. The first kappa shape index (κ1) is 84.4. The molecule has 0 heterocycles. The summed E-state index contributed by atoms with van der Waals surface area (Å²) in [5.74, 6) is -3.09. The summed E-state index contributed by atoms with van der Waals surface area (Å²) < 4.78 is 30.5. The second-order valence-electron chi connectivity index (χ2n) is 21.0. The van der Waals surface area contributed by atoms with Gasteiger partial charge in [-0.05, 0) is 145 Å². The monoisotopic (exact) mass is 1340 g/mol. The first-order chi connectivity index (χ1) is 45.9. The van der Waals surface area contributed by atoms with Gasteiger partial charge in [0.05, 0.1) is 0 Å². The first-order valence-corrected chi connectivity index (χ1v) is 30.2. The maximum Gasteiger partial charge on any atom is 0.337 e. The van der Waals surface area contributed by atoms with Crippen molar-refractivity contribution in [2.24, 2.45) is 0 Å². The Morgan fingerprint density at radius 1 is 0.340 bits per heavy atom. The van der Waals surface area contributed by atoms with Crippen molar-refractivity contribution in [3.8, 4) is 0 Å². The van der Waals surface area contributed by atoms with Crippen LogP contribution in [0.2, 0.25) is 0 Å². The highest BCUT2D eigenvalue weighted by Crippen LogP contribution is 2.23. The van der Waals surface area contributed by atoms with Crippen molar-refractivity contribution in [1.82, 2.24) is 0 Å². The molecule has 7 aromatic carbocycles. The maximum absolute atomic E-state index is 10.8. The number of rotatable bonds is 27. The minimum atomic E-state index is -1.02. The molecule has 22 N–H and O–H groups in total. The van der Waals surface area contributed by atoms with E-state index in [1.807, 2.05) is 85.8 Å². The molecule has 0 saturated heterocycles. The molecule has 0 spiro atoms. The molecule has 526 valence electrons. The Hall–Kier alpha value is -10.6. The third-order valence-corrected chi connectivity index (χ3v) is 13.2. The third kappa shape index (κ3) is 35.0. The normalized spacial score (nSPS) is 12.4. The number of aliphatic hydroxyl groups excluding tert-OH is 5. The standard InChI is InChI=1S/C12H17NO2.2C11H15NO2.2C10H13NO3.C10H13NO2.C9H11NO3/c1-3-15-12(9(2)14)8-10-5-4-6-11(13)7-10;1-8(13)11(14-2)7-9-3-5-10(12)6-4-9;1-8(13)11(14-2)7-9-4-3-5-10(12)6-9;1-2-14-9(10(12)13)7-3-5-8(11)6-4-7;1-2-14-9(10(12)13)7-4-3-5-8(11)6-7;1-7(12)10(13)6-8-3-2-4-9(11)5-8;1-13-8(9(11)12)6-3-2-4-7(10)5-6/h4-7,12,14H,2-3,8,13H2,1H3;2*3-6,11,13H,1,7,12H2,2H3;2*3-6,9H,2,11H2,1H3,(H,12,13);2-5,10,12-13H,1,6,11H2;2-5,8H,10H2,1H3,(H,11,12). The van der Waals surface area contributed by atoms with E-state index in [1.54, 1.807) is 119 Å². The summed E-state index contributed by atoms with van der Waals surface area (Å²) in [5.41, 5.74) is 49.1. The fourth-order valence-electron chi connectivity index (χ4n) is 8.39. The minimum Gasteiger partial charge on any atom is -0.510 e. The lowest BCUT2D eigenvalue weighted by Gasteiger charge is -2.15. The molecule has 24 nitrogen and oxygen atoms in total. The highest BCUT2D eigenvalue weighted by atomic mass is 16.5. The highest BCUT2D eigenvalue weighted by Gasteiger charge is 2.22. The predicted molar refractivity (Wildman–Crippen MR) is 382 cm³/mol. The molecule has 0 aromatic heterocycles. The molecule has 0 radical (unpaired) electrons. The van der Waals surface area contributed by atoms with Gasteiger partial charge >= 0.3 is 17.9 Å². The van der Waals surface area contributed by atoms with E-state index in [0.29, 0.717) is 96.3 Å². The molecule has 0 fully saturated rings. The Morgan fingerprint density at radius 3 is 0.959 bits per heavy atom. The third-order valence-electron chi connectivity index (χ3n) is 13.2. The number of anilines is 7. The van der Waals surface area contributed by atoms with Gasteiger partial charge in [0.1, 0.15) is 47.5 Å². The maximum atomic E-state index is 10.8. The van der Waals surface area contributed by atoms with Crippen molar-refractivity contribution < 1.29 is 83.7 Å². The predicted octanol–water partition coefficient (Wildman–Crippen LogP) is 11.2. The average molecular weight is 1340 g/mol. The number of benzene rings is 7. The first-order valence-electron chi connectivity index (χ1n) is 30.2. The lowest BCUT2D eigenvalue weighted by molar-refractivity contribution is -0.151. The van der Waals surface area contributed by atoms with E-state index in [1.165, 1.54) is 7.11 Å². The fourth-order valence-corrected chi connectivity index (χ4v) is 8.39. The van der Waals surface area contributed by atoms with Crippen LogP contribution in [0.25, 0.3) is 0 Å². The number of carboxylic acid groups (broad SMARTS) is 3. The smallest absolute Gasteiger partial charge is 0.337 e. The van der Waals surface area contributed by atoms with Crippen molar-refractivity contribution in [2.75, 3.05) is 81.3 Å². The number of ether oxygens (including phenoxy) is 6. The number of aliphatic hydroxyl groups is 5. The summed E-state index contributed by atoms with van der Waals surface area (Å²) in [5, 5.41) is 72.4. The summed E-state index contributed by atoms with van der Waals surface area (Å²) in [6.45, 7) is 20.3. The molecule has 24 heteroatoms. The minimum absolute atomic E-state index is 0.0370. The Labute approximate surface area is 567 Å². The van der Waals surface area contributed by atoms with E-state index in [9.17, 15) is 34.8 Å². The number of hydrogen-bond donors (Lipinski definition) is 15. The van der Waals surface area contributed by atoms with Crippen LogP contribution in [-0.4, -0.2) is 124 Å². The van der Waals surface area contributed by atoms with E-state index < -0.39 is 42.3 Å². The zero-order chi connectivity index (χ0) is 73.2. The molecule has 7 rings (SSSR count).